The smallest absolute Gasteiger partial charge is 0.317 e. The van der Waals surface area contributed by atoms with Crippen molar-refractivity contribution < 1.29 is 23.8 Å². The highest BCUT2D eigenvalue weighted by Gasteiger charge is 2.42. The molecule has 2 aliphatic heterocycles. The molecule has 2 fully saturated rings. The van der Waals surface area contributed by atoms with Crippen molar-refractivity contribution in [3.8, 4) is 0 Å². The molecular weight excluding hydrogens is 224 g/mol. The van der Waals surface area contributed by atoms with Crippen molar-refractivity contribution in [2.24, 2.45) is 11.8 Å². The van der Waals surface area contributed by atoms with Crippen LogP contribution < -0.4 is 0 Å². The molecule has 0 aromatic carbocycles. The van der Waals surface area contributed by atoms with Gasteiger partial charge in [0.25, 0.3) is 0 Å². The van der Waals surface area contributed by atoms with Crippen LogP contribution in [0.1, 0.15) is 33.1 Å². The van der Waals surface area contributed by atoms with E-state index in [0.29, 0.717) is 6.42 Å². The Hall–Kier alpha value is -0.940. The third kappa shape index (κ3) is 2.84. The van der Waals surface area contributed by atoms with E-state index in [1.807, 2.05) is 6.92 Å². The van der Waals surface area contributed by atoms with Gasteiger partial charge in [-0.25, -0.2) is 0 Å². The lowest BCUT2D eigenvalue weighted by molar-refractivity contribution is -0.156. The first-order chi connectivity index (χ1) is 8.08. The second-order valence-corrected chi connectivity index (χ2v) is 4.76. The number of esters is 2. The predicted octanol–water partition coefficient (Wildman–Crippen LogP) is 1.25. The molecule has 2 heterocycles. The summed E-state index contributed by atoms with van der Waals surface area (Å²) in [4.78, 5) is 22.7. The lowest BCUT2D eigenvalue weighted by atomic mass is 9.91. The van der Waals surface area contributed by atoms with Crippen LogP contribution >= 0.6 is 0 Å². The minimum atomic E-state index is -0.427. The van der Waals surface area contributed by atoms with Crippen LogP contribution in [0, 0.1) is 11.8 Å². The van der Waals surface area contributed by atoms with E-state index in [1.54, 1.807) is 6.92 Å². The zero-order chi connectivity index (χ0) is 12.4. The van der Waals surface area contributed by atoms with Crippen LogP contribution in [0.3, 0.4) is 0 Å². The molecule has 0 bridgehead atoms. The number of hydrogen-bond acceptors (Lipinski definition) is 5. The molecule has 2 aliphatic rings. The van der Waals surface area contributed by atoms with Crippen molar-refractivity contribution in [3.63, 3.8) is 0 Å². The topological polar surface area (TPSA) is 61.8 Å². The van der Waals surface area contributed by atoms with Gasteiger partial charge in [-0.3, -0.25) is 9.59 Å². The monoisotopic (exact) mass is 242 g/mol. The maximum atomic E-state index is 11.4. The maximum Gasteiger partial charge on any atom is 0.317 e. The Kier molecular flexibility index (Phi) is 3.79. The van der Waals surface area contributed by atoms with Gasteiger partial charge >= 0.3 is 11.9 Å². The number of rotatable bonds is 4. The lowest BCUT2D eigenvalue weighted by Gasteiger charge is -2.20. The maximum absolute atomic E-state index is 11.4. The van der Waals surface area contributed by atoms with Crippen LogP contribution in [-0.2, 0) is 23.8 Å². The fourth-order valence-electron chi connectivity index (χ4n) is 2.26. The summed E-state index contributed by atoms with van der Waals surface area (Å²) in [6.07, 6.45) is 2.15. The van der Waals surface area contributed by atoms with Gasteiger partial charge in [-0.2, -0.15) is 0 Å². The highest BCUT2D eigenvalue weighted by molar-refractivity contribution is 5.96. The van der Waals surface area contributed by atoms with Crippen LogP contribution in [0.5, 0.6) is 0 Å². The van der Waals surface area contributed by atoms with E-state index in [2.05, 4.69) is 4.74 Å². The molecule has 17 heavy (non-hydrogen) atoms. The molecule has 0 radical (unpaired) electrons. The molecule has 0 N–H and O–H groups in total. The minimum absolute atomic E-state index is 0.107. The van der Waals surface area contributed by atoms with Crippen molar-refractivity contribution in [2.45, 2.75) is 45.5 Å². The van der Waals surface area contributed by atoms with Gasteiger partial charge in [-0.15, -0.1) is 0 Å². The molecule has 4 unspecified atom stereocenters. The summed E-state index contributed by atoms with van der Waals surface area (Å²) in [5, 5.41) is 0. The van der Waals surface area contributed by atoms with Crippen molar-refractivity contribution in [3.05, 3.63) is 0 Å². The molecule has 5 heteroatoms. The van der Waals surface area contributed by atoms with E-state index in [1.165, 1.54) is 0 Å². The van der Waals surface area contributed by atoms with Gasteiger partial charge in [0.05, 0.1) is 17.9 Å². The quantitative estimate of drug-likeness (QED) is 0.548. The van der Waals surface area contributed by atoms with Crippen molar-refractivity contribution in [1.82, 2.24) is 0 Å². The van der Waals surface area contributed by atoms with Gasteiger partial charge in [0.15, 0.2) is 6.29 Å². The van der Waals surface area contributed by atoms with Gasteiger partial charge in [-0.05, 0) is 19.8 Å². The second kappa shape index (κ2) is 5.14. The fourth-order valence-corrected chi connectivity index (χ4v) is 2.26. The van der Waals surface area contributed by atoms with Gasteiger partial charge in [0, 0.05) is 13.0 Å². The summed E-state index contributed by atoms with van der Waals surface area (Å²) in [6, 6.07) is 0. The zero-order valence-corrected chi connectivity index (χ0v) is 10.2. The van der Waals surface area contributed by atoms with Gasteiger partial charge < -0.3 is 14.2 Å². The van der Waals surface area contributed by atoms with Crippen LogP contribution in [0.15, 0.2) is 0 Å². The molecule has 4 atom stereocenters. The van der Waals surface area contributed by atoms with Crippen molar-refractivity contribution in [2.75, 3.05) is 6.61 Å². The van der Waals surface area contributed by atoms with Crippen LogP contribution in [-0.4, -0.2) is 30.9 Å². The van der Waals surface area contributed by atoms with Crippen LogP contribution in [0.4, 0.5) is 0 Å². The van der Waals surface area contributed by atoms with E-state index in [-0.39, 0.29) is 24.2 Å². The van der Waals surface area contributed by atoms with Gasteiger partial charge in [0.1, 0.15) is 0 Å². The van der Waals surface area contributed by atoms with E-state index < -0.39 is 11.9 Å². The summed E-state index contributed by atoms with van der Waals surface area (Å²) in [5.41, 5.74) is 0. The Morgan fingerprint density at radius 2 is 2.18 bits per heavy atom. The first-order valence-electron chi connectivity index (χ1n) is 6.10. The van der Waals surface area contributed by atoms with E-state index >= 15 is 0 Å². The van der Waals surface area contributed by atoms with E-state index in [0.717, 1.165) is 19.4 Å². The molecule has 0 amide bonds. The third-order valence-electron chi connectivity index (χ3n) is 3.34. The summed E-state index contributed by atoms with van der Waals surface area (Å²) in [6.45, 7) is 4.35. The van der Waals surface area contributed by atoms with Gasteiger partial charge in [-0.1, -0.05) is 6.92 Å². The molecule has 0 spiro atoms. The standard InChI is InChI=1S/C12H18O5/c1-7(16-10-4-3-5-15-10)6-9-8(2)11(13)17-12(9)14/h7-10H,3-6H2,1-2H3. The summed E-state index contributed by atoms with van der Waals surface area (Å²) in [7, 11) is 0. The Balaban J connectivity index is 1.83. The first-order valence-corrected chi connectivity index (χ1v) is 6.10. The molecule has 0 saturated carbocycles. The molecular formula is C12H18O5. The highest BCUT2D eigenvalue weighted by atomic mass is 16.7. The Labute approximate surface area is 100 Å². The van der Waals surface area contributed by atoms with E-state index in [9.17, 15) is 9.59 Å². The fraction of sp³-hybridized carbons (Fsp3) is 0.833. The minimum Gasteiger partial charge on any atom is -0.393 e. The molecule has 0 aliphatic carbocycles. The number of carbonyl (C=O) groups is 2. The first kappa shape index (κ1) is 12.5. The largest absolute Gasteiger partial charge is 0.393 e. The third-order valence-corrected chi connectivity index (χ3v) is 3.34. The average Bonchev–Trinajstić information content (AvgIpc) is 2.83. The number of cyclic esters (lactones) is 2. The van der Waals surface area contributed by atoms with Crippen molar-refractivity contribution in [1.29, 1.82) is 0 Å². The SMILES string of the molecule is CC(CC1C(=O)OC(=O)C1C)OC1CCCO1. The summed E-state index contributed by atoms with van der Waals surface area (Å²) >= 11 is 0. The molecule has 0 aromatic rings. The summed E-state index contributed by atoms with van der Waals surface area (Å²) < 4.78 is 15.6. The molecule has 5 nitrogen and oxygen atoms in total. The Bertz CT molecular complexity index is 308. The predicted molar refractivity (Wildman–Crippen MR) is 57.9 cm³/mol. The lowest BCUT2D eigenvalue weighted by Crippen LogP contribution is -2.25. The molecule has 2 rings (SSSR count). The van der Waals surface area contributed by atoms with Crippen LogP contribution in [0.2, 0.25) is 0 Å². The highest BCUT2D eigenvalue weighted by Crippen LogP contribution is 2.29. The van der Waals surface area contributed by atoms with Crippen molar-refractivity contribution >= 4 is 11.9 Å². The molecule has 96 valence electrons. The normalized spacial score (nSPS) is 35.1. The second-order valence-electron chi connectivity index (χ2n) is 4.76. The number of hydrogen-bond donors (Lipinski definition) is 0. The van der Waals surface area contributed by atoms with E-state index in [4.69, 9.17) is 9.47 Å². The molecule has 2 saturated heterocycles. The number of carbonyl (C=O) groups excluding carboxylic acids is 2. The molecule has 0 aromatic heterocycles. The number of ether oxygens (including phenoxy) is 3. The Morgan fingerprint density at radius 3 is 2.71 bits per heavy atom. The summed E-state index contributed by atoms with van der Waals surface area (Å²) in [5.74, 6) is -1.59. The van der Waals surface area contributed by atoms with Crippen LogP contribution in [0.25, 0.3) is 0 Å². The zero-order valence-electron chi connectivity index (χ0n) is 10.2. The Morgan fingerprint density at radius 1 is 1.41 bits per heavy atom. The van der Waals surface area contributed by atoms with Gasteiger partial charge in [0.2, 0.25) is 0 Å². The average molecular weight is 242 g/mol.